The van der Waals surface area contributed by atoms with E-state index >= 15 is 0 Å². The van der Waals surface area contributed by atoms with Crippen LogP contribution in [0.1, 0.15) is 219 Å². The first-order chi connectivity index (χ1) is 37.6. The maximum absolute atomic E-state index is 12.9. The molecule has 0 aromatic rings. The van der Waals surface area contributed by atoms with Gasteiger partial charge in [-0.1, -0.05) is 231 Å². The molecule has 0 aromatic carbocycles. The fraction of sp³-hybridized carbons (Fsp3) is 0.632. The zero-order valence-corrected chi connectivity index (χ0v) is 49.6. The summed E-state index contributed by atoms with van der Waals surface area (Å²) in [5.41, 5.74) is 0. The van der Waals surface area contributed by atoms with Gasteiger partial charge in [-0.25, -0.2) is 4.79 Å². The molecule has 1 N–H and O–H groups in total. The number of carboxylic acid groups (broad SMARTS) is 1. The maximum atomic E-state index is 12.9. The van der Waals surface area contributed by atoms with Crippen molar-refractivity contribution in [3.8, 4) is 0 Å². The summed E-state index contributed by atoms with van der Waals surface area (Å²) in [6.45, 7) is 4.60. The van der Waals surface area contributed by atoms with Crippen LogP contribution in [0.15, 0.2) is 134 Å². The number of hydrogen-bond acceptors (Lipinski definition) is 7. The molecule has 436 valence electrons. The lowest BCUT2D eigenvalue weighted by Gasteiger charge is -2.25. The summed E-state index contributed by atoms with van der Waals surface area (Å²) in [4.78, 5) is 37.5. The lowest BCUT2D eigenvalue weighted by molar-refractivity contribution is -0.870. The quantitative estimate of drug-likeness (QED) is 0.0211. The van der Waals surface area contributed by atoms with Gasteiger partial charge in [0.2, 0.25) is 0 Å². The molecule has 77 heavy (non-hydrogen) atoms. The lowest BCUT2D eigenvalue weighted by Crippen LogP contribution is -2.40. The summed E-state index contributed by atoms with van der Waals surface area (Å²) in [6, 6.07) is 0. The van der Waals surface area contributed by atoms with Crippen LogP contribution in [-0.2, 0) is 33.3 Å². The summed E-state index contributed by atoms with van der Waals surface area (Å²) >= 11 is 0. The van der Waals surface area contributed by atoms with Crippen molar-refractivity contribution in [3.63, 3.8) is 0 Å². The monoisotopic (exact) mass is 1070 g/mol. The van der Waals surface area contributed by atoms with Gasteiger partial charge in [0.15, 0.2) is 6.10 Å². The molecule has 0 aliphatic rings. The first-order valence-corrected chi connectivity index (χ1v) is 30.3. The van der Waals surface area contributed by atoms with E-state index in [0.717, 1.165) is 116 Å². The van der Waals surface area contributed by atoms with Gasteiger partial charge in [0.1, 0.15) is 13.2 Å². The molecule has 9 heteroatoms. The molecule has 0 saturated carbocycles. The Morgan fingerprint density at radius 2 is 0.701 bits per heavy atom. The molecular formula is C68H112NO8+. The second-order valence-corrected chi connectivity index (χ2v) is 20.9. The third kappa shape index (κ3) is 58.9. The number of likely N-dealkylation sites (N-methyl/N-ethyl adjacent to an activating group) is 1. The summed E-state index contributed by atoms with van der Waals surface area (Å²) < 4.78 is 22.9. The molecule has 0 spiro atoms. The molecule has 2 atom stereocenters. The summed E-state index contributed by atoms with van der Waals surface area (Å²) in [6.07, 6.45) is 79.6. The smallest absolute Gasteiger partial charge is 0.361 e. The fourth-order valence-corrected chi connectivity index (χ4v) is 7.81. The van der Waals surface area contributed by atoms with Crippen molar-refractivity contribution in [1.29, 1.82) is 0 Å². The molecule has 0 radical (unpaired) electrons. The molecule has 0 amide bonds. The van der Waals surface area contributed by atoms with Crippen LogP contribution in [0.25, 0.3) is 0 Å². The Balaban J connectivity index is 4.28. The average Bonchev–Trinajstić information content (AvgIpc) is 3.40. The third-order valence-electron chi connectivity index (χ3n) is 12.4. The predicted molar refractivity (Wildman–Crippen MR) is 327 cm³/mol. The zero-order chi connectivity index (χ0) is 56.2. The number of nitrogens with zero attached hydrogens (tertiary/aromatic N) is 1. The number of carboxylic acids is 1. The number of rotatable bonds is 54. The highest BCUT2D eigenvalue weighted by Crippen LogP contribution is 2.15. The fourth-order valence-electron chi connectivity index (χ4n) is 7.81. The molecule has 9 nitrogen and oxygen atoms in total. The van der Waals surface area contributed by atoms with E-state index in [1.54, 1.807) is 0 Å². The number of carbonyl (C=O) groups excluding carboxylic acids is 2. The van der Waals surface area contributed by atoms with Gasteiger partial charge < -0.3 is 28.5 Å². The molecule has 0 fully saturated rings. The van der Waals surface area contributed by atoms with Gasteiger partial charge in [-0.3, -0.25) is 9.59 Å². The van der Waals surface area contributed by atoms with Crippen molar-refractivity contribution in [1.82, 2.24) is 0 Å². The molecule has 0 saturated heterocycles. The highest BCUT2D eigenvalue weighted by atomic mass is 16.7. The minimum atomic E-state index is -1.53. The summed E-state index contributed by atoms with van der Waals surface area (Å²) in [7, 11) is 5.95. The number of aliphatic carboxylic acids is 1. The third-order valence-corrected chi connectivity index (χ3v) is 12.4. The number of unbranched alkanes of at least 4 members (excludes halogenated alkanes) is 17. The number of carbonyl (C=O) groups is 3. The van der Waals surface area contributed by atoms with Crippen molar-refractivity contribution in [2.45, 2.75) is 232 Å². The van der Waals surface area contributed by atoms with Crippen LogP contribution < -0.4 is 0 Å². The van der Waals surface area contributed by atoms with E-state index in [0.29, 0.717) is 17.4 Å². The van der Waals surface area contributed by atoms with Gasteiger partial charge in [-0.2, -0.15) is 0 Å². The van der Waals surface area contributed by atoms with Crippen LogP contribution in [0, 0.1) is 0 Å². The van der Waals surface area contributed by atoms with Gasteiger partial charge >= 0.3 is 17.9 Å². The second kappa shape index (κ2) is 57.6. The van der Waals surface area contributed by atoms with E-state index in [2.05, 4.69) is 148 Å². The molecular weight excluding hydrogens is 959 g/mol. The maximum Gasteiger partial charge on any atom is 0.361 e. The Bertz CT molecular complexity index is 1720. The standard InChI is InChI=1S/C68H111NO8/c1-6-8-10-12-14-16-18-20-22-24-26-28-30-31-32-33-34-35-37-38-40-42-44-46-48-50-52-54-56-58-65(70)75-62-64(63-76-68(67(72)73)74-61-60-69(3,4)5)77-66(71)59-57-55-53-51-49-47-45-43-41-39-36-29-27-25-23-21-19-17-15-13-11-9-7-2/h8-11,14-17,20-23,26-29,31-32,39,41,45,47,64,68H,6-7,12-13,18-19,24-25,30,33-38,40,42-44,46,48-63H2,1-5H3/p+1/b10-8-,11-9-,16-14-,17-15-,22-20-,23-21-,28-26-,29-27-,32-31-,41-39-,47-45-. The number of quaternary nitrogens is 1. The van der Waals surface area contributed by atoms with Crippen LogP contribution in [0.5, 0.6) is 0 Å². The van der Waals surface area contributed by atoms with E-state index < -0.39 is 24.3 Å². The van der Waals surface area contributed by atoms with E-state index in [4.69, 9.17) is 18.9 Å². The molecule has 0 aromatic heterocycles. The molecule has 0 rings (SSSR count). The number of esters is 2. The minimum absolute atomic E-state index is 0.175. The van der Waals surface area contributed by atoms with Crippen LogP contribution in [0.3, 0.4) is 0 Å². The highest BCUT2D eigenvalue weighted by Gasteiger charge is 2.25. The van der Waals surface area contributed by atoms with Crippen molar-refractivity contribution >= 4 is 17.9 Å². The van der Waals surface area contributed by atoms with E-state index in [9.17, 15) is 19.5 Å². The molecule has 0 heterocycles. The normalized spacial score (nSPS) is 13.7. The molecule has 2 unspecified atom stereocenters. The Morgan fingerprint density at radius 1 is 0.390 bits per heavy atom. The average molecular weight is 1070 g/mol. The zero-order valence-electron chi connectivity index (χ0n) is 49.6. The van der Waals surface area contributed by atoms with Crippen LogP contribution in [0.2, 0.25) is 0 Å². The first-order valence-electron chi connectivity index (χ1n) is 30.3. The summed E-state index contributed by atoms with van der Waals surface area (Å²) in [5, 5.41) is 9.72. The van der Waals surface area contributed by atoms with Gasteiger partial charge in [-0.15, -0.1) is 0 Å². The molecule has 0 aliphatic carbocycles. The topological polar surface area (TPSA) is 108 Å². The number of hydrogen-bond donors (Lipinski definition) is 1. The summed E-state index contributed by atoms with van der Waals surface area (Å²) in [5.74, 6) is -2.05. The first kappa shape index (κ1) is 72.4. The van der Waals surface area contributed by atoms with Gasteiger partial charge in [0, 0.05) is 12.8 Å². The SMILES string of the molecule is CC/C=C\C/C=C\C/C=C\C/C=C\C/C=C\C/C=C\CCCCCCC(=O)OC(COC(=O)CCCCCCCCCCCCCCC/C=C\C/C=C\C/C=C\C/C=C\C/C=C\CC)COC(OCC[N+](C)(C)C)C(=O)O. The van der Waals surface area contributed by atoms with Gasteiger partial charge in [0.05, 0.1) is 34.4 Å². The Kier molecular flexibility index (Phi) is 54.2. The van der Waals surface area contributed by atoms with E-state index in [1.807, 2.05) is 21.1 Å². The van der Waals surface area contributed by atoms with Crippen LogP contribution in [-0.4, -0.2) is 87.4 Å². The van der Waals surface area contributed by atoms with Crippen molar-refractivity contribution in [2.75, 3.05) is 47.5 Å². The Hall–Kier alpha value is -4.57. The van der Waals surface area contributed by atoms with E-state index in [1.165, 1.54) is 70.6 Å². The second-order valence-electron chi connectivity index (χ2n) is 20.9. The predicted octanol–water partition coefficient (Wildman–Crippen LogP) is 18.2. The van der Waals surface area contributed by atoms with E-state index in [-0.39, 0.29) is 38.6 Å². The number of allylic oxidation sites excluding steroid dienone is 22. The van der Waals surface area contributed by atoms with Gasteiger partial charge in [0.25, 0.3) is 6.29 Å². The van der Waals surface area contributed by atoms with Crippen molar-refractivity contribution < 1.29 is 42.9 Å². The Morgan fingerprint density at radius 3 is 1.04 bits per heavy atom. The highest BCUT2D eigenvalue weighted by molar-refractivity contribution is 5.71. The van der Waals surface area contributed by atoms with Gasteiger partial charge in [-0.05, 0) is 109 Å². The Labute approximate surface area is 471 Å². The largest absolute Gasteiger partial charge is 0.477 e. The van der Waals surface area contributed by atoms with Crippen LogP contribution >= 0.6 is 0 Å². The van der Waals surface area contributed by atoms with Crippen molar-refractivity contribution in [2.24, 2.45) is 0 Å². The molecule has 0 bridgehead atoms. The van der Waals surface area contributed by atoms with Crippen LogP contribution in [0.4, 0.5) is 0 Å². The minimum Gasteiger partial charge on any atom is -0.477 e. The number of ether oxygens (including phenoxy) is 4. The molecule has 0 aliphatic heterocycles. The lowest BCUT2D eigenvalue weighted by atomic mass is 10.0. The van der Waals surface area contributed by atoms with Crippen molar-refractivity contribution in [3.05, 3.63) is 134 Å².